The number of nitrogens with zero attached hydrogens (tertiary/aromatic N) is 1. The summed E-state index contributed by atoms with van der Waals surface area (Å²) in [6.07, 6.45) is 4.33. The molecule has 0 bridgehead atoms. The standard InChI is InChI=1S/C12H22BrNO3/c1-14(12(15)16)11-5-3-10(4-6-11)9-17-8-2-7-13/h10-11H,2-9H2,1H3,(H,15,16). The maximum Gasteiger partial charge on any atom is 0.407 e. The first-order valence-electron chi connectivity index (χ1n) is 6.24. The van der Waals surface area contributed by atoms with E-state index in [9.17, 15) is 4.79 Å². The number of alkyl halides is 1. The van der Waals surface area contributed by atoms with Crippen molar-refractivity contribution in [3.05, 3.63) is 0 Å². The molecule has 0 aromatic rings. The predicted molar refractivity (Wildman–Crippen MR) is 70.8 cm³/mol. The van der Waals surface area contributed by atoms with E-state index in [1.165, 1.54) is 4.90 Å². The molecule has 1 rings (SSSR count). The van der Waals surface area contributed by atoms with Crippen LogP contribution in [-0.4, -0.2) is 47.7 Å². The number of hydrogen-bond donors (Lipinski definition) is 1. The molecule has 0 heterocycles. The van der Waals surface area contributed by atoms with Crippen molar-refractivity contribution in [1.29, 1.82) is 0 Å². The summed E-state index contributed by atoms with van der Waals surface area (Å²) in [6.45, 7) is 1.65. The Hall–Kier alpha value is -0.290. The molecule has 5 heteroatoms. The van der Waals surface area contributed by atoms with Crippen LogP contribution in [0.15, 0.2) is 0 Å². The van der Waals surface area contributed by atoms with E-state index in [4.69, 9.17) is 9.84 Å². The Morgan fingerprint density at radius 3 is 2.59 bits per heavy atom. The Balaban J connectivity index is 2.15. The molecule has 0 aromatic heterocycles. The molecule has 1 amide bonds. The summed E-state index contributed by atoms with van der Waals surface area (Å²) in [4.78, 5) is 12.3. The molecular weight excluding hydrogens is 286 g/mol. The van der Waals surface area contributed by atoms with Gasteiger partial charge in [-0.25, -0.2) is 4.79 Å². The van der Waals surface area contributed by atoms with Gasteiger partial charge in [-0.15, -0.1) is 0 Å². The number of carboxylic acid groups (broad SMARTS) is 1. The summed E-state index contributed by atoms with van der Waals surface area (Å²) < 4.78 is 5.60. The van der Waals surface area contributed by atoms with Gasteiger partial charge < -0.3 is 14.7 Å². The quantitative estimate of drug-likeness (QED) is 0.606. The van der Waals surface area contributed by atoms with E-state index >= 15 is 0 Å². The maximum atomic E-state index is 10.8. The minimum Gasteiger partial charge on any atom is -0.465 e. The van der Waals surface area contributed by atoms with Crippen molar-refractivity contribution in [2.45, 2.75) is 38.1 Å². The number of rotatable bonds is 6. The van der Waals surface area contributed by atoms with Gasteiger partial charge >= 0.3 is 6.09 Å². The summed E-state index contributed by atoms with van der Waals surface area (Å²) in [5.41, 5.74) is 0. The van der Waals surface area contributed by atoms with Crippen LogP contribution in [0.4, 0.5) is 4.79 Å². The fourth-order valence-corrected chi connectivity index (χ4v) is 2.49. The lowest BCUT2D eigenvalue weighted by Crippen LogP contribution is -2.39. The fourth-order valence-electron chi connectivity index (χ4n) is 2.26. The largest absolute Gasteiger partial charge is 0.465 e. The summed E-state index contributed by atoms with van der Waals surface area (Å²) in [6, 6.07) is 0.200. The number of halogens is 1. The second kappa shape index (κ2) is 7.93. The molecule has 1 N–H and O–H groups in total. The van der Waals surface area contributed by atoms with E-state index in [0.29, 0.717) is 5.92 Å². The van der Waals surface area contributed by atoms with E-state index in [1.807, 2.05) is 0 Å². The lowest BCUT2D eigenvalue weighted by molar-refractivity contribution is 0.0679. The van der Waals surface area contributed by atoms with Crippen LogP contribution in [0.1, 0.15) is 32.1 Å². The second-order valence-electron chi connectivity index (χ2n) is 4.69. The molecule has 0 aliphatic heterocycles. The summed E-state index contributed by atoms with van der Waals surface area (Å²) in [5, 5.41) is 9.89. The third-order valence-electron chi connectivity index (χ3n) is 3.44. The van der Waals surface area contributed by atoms with Crippen LogP contribution >= 0.6 is 15.9 Å². The van der Waals surface area contributed by atoms with Gasteiger partial charge in [0.2, 0.25) is 0 Å². The summed E-state index contributed by atoms with van der Waals surface area (Å²) >= 11 is 3.37. The minimum atomic E-state index is -0.818. The molecule has 4 nitrogen and oxygen atoms in total. The predicted octanol–water partition coefficient (Wildman–Crippen LogP) is 2.96. The molecule has 1 aliphatic carbocycles. The lowest BCUT2D eigenvalue weighted by atomic mass is 9.86. The molecule has 0 atom stereocenters. The van der Waals surface area contributed by atoms with E-state index in [1.54, 1.807) is 7.05 Å². The van der Waals surface area contributed by atoms with Crippen LogP contribution in [-0.2, 0) is 4.74 Å². The van der Waals surface area contributed by atoms with Crippen LogP contribution in [0.5, 0.6) is 0 Å². The Labute approximate surface area is 111 Å². The normalized spacial score (nSPS) is 24.6. The van der Waals surface area contributed by atoms with Crippen LogP contribution in [0.25, 0.3) is 0 Å². The van der Waals surface area contributed by atoms with Gasteiger partial charge in [-0.2, -0.15) is 0 Å². The first kappa shape index (κ1) is 14.8. The number of amides is 1. The zero-order valence-corrected chi connectivity index (χ0v) is 12.0. The number of carbonyl (C=O) groups is 1. The molecule has 1 saturated carbocycles. The Morgan fingerprint density at radius 2 is 2.06 bits per heavy atom. The SMILES string of the molecule is CN(C(=O)O)C1CCC(COCCCBr)CC1. The molecule has 100 valence electrons. The van der Waals surface area contributed by atoms with Gasteiger partial charge in [0.1, 0.15) is 0 Å². The Morgan fingerprint density at radius 1 is 1.41 bits per heavy atom. The van der Waals surface area contributed by atoms with Crippen molar-refractivity contribution in [2.75, 3.05) is 25.6 Å². The molecule has 0 aromatic carbocycles. The highest BCUT2D eigenvalue weighted by atomic mass is 79.9. The first-order valence-corrected chi connectivity index (χ1v) is 7.36. The fraction of sp³-hybridized carbons (Fsp3) is 0.917. The monoisotopic (exact) mass is 307 g/mol. The van der Waals surface area contributed by atoms with Gasteiger partial charge in [-0.05, 0) is 38.0 Å². The second-order valence-corrected chi connectivity index (χ2v) is 5.48. The van der Waals surface area contributed by atoms with Gasteiger partial charge in [0.25, 0.3) is 0 Å². The van der Waals surface area contributed by atoms with Crippen molar-refractivity contribution >= 4 is 22.0 Å². The molecule has 0 radical (unpaired) electrons. The van der Waals surface area contributed by atoms with Crippen molar-refractivity contribution in [3.63, 3.8) is 0 Å². The van der Waals surface area contributed by atoms with E-state index in [2.05, 4.69) is 15.9 Å². The molecular formula is C12H22BrNO3. The molecule has 17 heavy (non-hydrogen) atoms. The molecule has 0 saturated heterocycles. The van der Waals surface area contributed by atoms with Crippen molar-refractivity contribution in [1.82, 2.24) is 4.90 Å². The maximum absolute atomic E-state index is 10.8. The summed E-state index contributed by atoms with van der Waals surface area (Å²) in [5.74, 6) is 0.615. The first-order chi connectivity index (χ1) is 8.15. The number of ether oxygens (including phenoxy) is 1. The zero-order chi connectivity index (χ0) is 12.7. The molecule has 0 unspecified atom stereocenters. The third kappa shape index (κ3) is 5.25. The highest BCUT2D eigenvalue weighted by molar-refractivity contribution is 9.09. The Bertz CT molecular complexity index is 230. The average Bonchev–Trinajstić information content (AvgIpc) is 2.34. The van der Waals surface area contributed by atoms with Crippen molar-refractivity contribution in [3.8, 4) is 0 Å². The van der Waals surface area contributed by atoms with Gasteiger partial charge in [0.05, 0.1) is 0 Å². The number of hydrogen-bond acceptors (Lipinski definition) is 2. The minimum absolute atomic E-state index is 0.200. The average molecular weight is 308 g/mol. The molecule has 1 fully saturated rings. The van der Waals surface area contributed by atoms with Gasteiger partial charge in [-0.1, -0.05) is 15.9 Å². The van der Waals surface area contributed by atoms with Crippen molar-refractivity contribution in [2.24, 2.45) is 5.92 Å². The van der Waals surface area contributed by atoms with Crippen LogP contribution in [0.2, 0.25) is 0 Å². The summed E-state index contributed by atoms with van der Waals surface area (Å²) in [7, 11) is 1.67. The van der Waals surface area contributed by atoms with Gasteiger partial charge in [0, 0.05) is 31.6 Å². The van der Waals surface area contributed by atoms with Crippen LogP contribution in [0.3, 0.4) is 0 Å². The van der Waals surface area contributed by atoms with E-state index < -0.39 is 6.09 Å². The zero-order valence-electron chi connectivity index (χ0n) is 10.4. The smallest absolute Gasteiger partial charge is 0.407 e. The molecule has 0 spiro atoms. The van der Waals surface area contributed by atoms with Gasteiger partial charge in [-0.3, -0.25) is 0 Å². The Kier molecular flexibility index (Phi) is 6.89. The molecule has 1 aliphatic rings. The third-order valence-corrected chi connectivity index (χ3v) is 4.00. The van der Waals surface area contributed by atoms with Gasteiger partial charge in [0.15, 0.2) is 0 Å². The highest BCUT2D eigenvalue weighted by Crippen LogP contribution is 2.27. The topological polar surface area (TPSA) is 49.8 Å². The van der Waals surface area contributed by atoms with Crippen LogP contribution in [0, 0.1) is 5.92 Å². The van der Waals surface area contributed by atoms with E-state index in [0.717, 1.165) is 50.6 Å². The van der Waals surface area contributed by atoms with E-state index in [-0.39, 0.29) is 6.04 Å². The van der Waals surface area contributed by atoms with Crippen LogP contribution < -0.4 is 0 Å². The van der Waals surface area contributed by atoms with Crippen molar-refractivity contribution < 1.29 is 14.6 Å². The lowest BCUT2D eigenvalue weighted by Gasteiger charge is -2.33. The highest BCUT2D eigenvalue weighted by Gasteiger charge is 2.26.